The maximum absolute atomic E-state index is 12.7. The van der Waals surface area contributed by atoms with Crippen LogP contribution in [0.2, 0.25) is 0 Å². The molecule has 2 amide bonds. The fourth-order valence-corrected chi connectivity index (χ4v) is 2.89. The fraction of sp³-hybridized carbons (Fsp3) is 0.158. The van der Waals surface area contributed by atoms with Crippen molar-refractivity contribution in [1.29, 1.82) is 0 Å². The highest BCUT2D eigenvalue weighted by Gasteiger charge is 2.30. The molecule has 0 aliphatic carbocycles. The molecule has 0 aliphatic rings. The number of halogens is 3. The third-order valence-electron chi connectivity index (χ3n) is 3.67. The lowest BCUT2D eigenvalue weighted by Gasteiger charge is -2.11. The van der Waals surface area contributed by atoms with Gasteiger partial charge in [-0.15, -0.1) is 11.3 Å². The number of hydrogen-bond donors (Lipinski definition) is 2. The van der Waals surface area contributed by atoms with E-state index < -0.39 is 17.8 Å². The molecule has 0 bridgehead atoms. The molecule has 9 heteroatoms. The summed E-state index contributed by atoms with van der Waals surface area (Å²) >= 11 is 1.47. The van der Waals surface area contributed by atoms with Gasteiger partial charge in [-0.1, -0.05) is 18.2 Å². The second kappa shape index (κ2) is 8.75. The first-order valence-electron chi connectivity index (χ1n) is 8.21. The van der Waals surface area contributed by atoms with Crippen LogP contribution in [0.5, 0.6) is 5.75 Å². The topological polar surface area (TPSA) is 63.2 Å². The molecular formula is C19H16F3N3O2S. The summed E-state index contributed by atoms with van der Waals surface area (Å²) < 4.78 is 43.8. The third-order valence-corrected chi connectivity index (χ3v) is 4.30. The summed E-state index contributed by atoms with van der Waals surface area (Å²) in [7, 11) is 0. The van der Waals surface area contributed by atoms with Gasteiger partial charge in [-0.05, 0) is 29.8 Å². The Morgan fingerprint density at radius 1 is 1.14 bits per heavy atom. The fourth-order valence-electron chi connectivity index (χ4n) is 2.34. The predicted molar refractivity (Wildman–Crippen MR) is 100 cm³/mol. The molecule has 0 fully saturated rings. The predicted octanol–water partition coefficient (Wildman–Crippen LogP) is 5.06. The van der Waals surface area contributed by atoms with Crippen LogP contribution >= 0.6 is 11.3 Å². The van der Waals surface area contributed by atoms with Gasteiger partial charge >= 0.3 is 12.2 Å². The number of urea groups is 1. The lowest BCUT2D eigenvalue weighted by molar-refractivity contribution is -0.137. The van der Waals surface area contributed by atoms with E-state index in [-0.39, 0.29) is 6.54 Å². The van der Waals surface area contributed by atoms with Gasteiger partial charge in [-0.25, -0.2) is 9.78 Å². The van der Waals surface area contributed by atoms with Crippen molar-refractivity contribution < 1.29 is 22.7 Å². The van der Waals surface area contributed by atoms with Crippen LogP contribution in [0.4, 0.5) is 23.7 Å². The van der Waals surface area contributed by atoms with Gasteiger partial charge in [-0.2, -0.15) is 13.2 Å². The number of benzene rings is 2. The summed E-state index contributed by atoms with van der Waals surface area (Å²) in [6.07, 6.45) is -4.42. The van der Waals surface area contributed by atoms with E-state index >= 15 is 0 Å². The molecule has 146 valence electrons. The Balaban J connectivity index is 1.53. The van der Waals surface area contributed by atoms with Crippen LogP contribution < -0.4 is 15.4 Å². The van der Waals surface area contributed by atoms with Crippen molar-refractivity contribution in [3.05, 3.63) is 76.2 Å². The second-order valence-corrected chi connectivity index (χ2v) is 6.52. The van der Waals surface area contributed by atoms with Crippen molar-refractivity contribution in [3.8, 4) is 5.75 Å². The highest BCUT2D eigenvalue weighted by molar-refractivity contribution is 7.07. The van der Waals surface area contributed by atoms with Crippen LogP contribution in [0.1, 0.15) is 16.8 Å². The molecule has 1 heterocycles. The van der Waals surface area contributed by atoms with Crippen LogP contribution in [0.3, 0.4) is 0 Å². The third kappa shape index (κ3) is 5.71. The molecule has 3 aromatic rings. The zero-order chi connectivity index (χ0) is 20.0. The summed E-state index contributed by atoms with van der Waals surface area (Å²) in [6.45, 7) is 0.282. The Kier molecular flexibility index (Phi) is 6.15. The van der Waals surface area contributed by atoms with Crippen molar-refractivity contribution >= 4 is 23.1 Å². The molecule has 2 N–H and O–H groups in total. The quantitative estimate of drug-likeness (QED) is 0.600. The molecule has 0 saturated carbocycles. The molecule has 0 spiro atoms. The molecule has 28 heavy (non-hydrogen) atoms. The van der Waals surface area contributed by atoms with Crippen molar-refractivity contribution in [2.24, 2.45) is 0 Å². The smallest absolute Gasteiger partial charge is 0.416 e. The zero-order valence-electron chi connectivity index (χ0n) is 14.5. The van der Waals surface area contributed by atoms with Crippen molar-refractivity contribution in [2.75, 3.05) is 5.32 Å². The molecule has 5 nitrogen and oxygen atoms in total. The SMILES string of the molecule is O=C(NCc1cccc(C(F)(F)F)c1)Nc1cccc(OCc2cscn2)c1. The minimum Gasteiger partial charge on any atom is -0.487 e. The minimum absolute atomic E-state index is 0.0320. The van der Waals surface area contributed by atoms with E-state index in [0.717, 1.165) is 17.8 Å². The monoisotopic (exact) mass is 407 g/mol. The lowest BCUT2D eigenvalue weighted by atomic mass is 10.1. The summed E-state index contributed by atoms with van der Waals surface area (Å²) in [6, 6.07) is 11.1. The van der Waals surface area contributed by atoms with Crippen LogP contribution in [0, 0.1) is 0 Å². The standard InChI is InChI=1S/C19H16F3N3O2S/c20-19(21,22)14-4-1-3-13(7-14)9-23-18(26)25-15-5-2-6-17(8-15)27-10-16-11-28-12-24-16/h1-8,11-12H,9-10H2,(H2,23,25,26). The highest BCUT2D eigenvalue weighted by Crippen LogP contribution is 2.29. The number of hydrogen-bond acceptors (Lipinski definition) is 4. The minimum atomic E-state index is -4.42. The van der Waals surface area contributed by atoms with Gasteiger partial charge in [0.25, 0.3) is 0 Å². The highest BCUT2D eigenvalue weighted by atomic mass is 32.1. The Morgan fingerprint density at radius 3 is 2.71 bits per heavy atom. The number of thiazole rings is 1. The largest absolute Gasteiger partial charge is 0.487 e. The number of aromatic nitrogens is 1. The normalized spacial score (nSPS) is 11.1. The molecule has 0 unspecified atom stereocenters. The summed E-state index contributed by atoms with van der Waals surface area (Å²) in [4.78, 5) is 16.1. The number of carbonyl (C=O) groups is 1. The van der Waals surface area contributed by atoms with Gasteiger partial charge in [0, 0.05) is 23.7 Å². The Labute approximate surface area is 163 Å². The molecular weight excluding hydrogens is 391 g/mol. The number of amides is 2. The van der Waals surface area contributed by atoms with E-state index in [1.54, 1.807) is 29.8 Å². The van der Waals surface area contributed by atoms with Crippen LogP contribution in [-0.2, 0) is 19.3 Å². The molecule has 1 aromatic heterocycles. The molecule has 0 aliphatic heterocycles. The summed E-state index contributed by atoms with van der Waals surface area (Å²) in [5, 5.41) is 7.04. The first kappa shape index (κ1) is 19.7. The first-order chi connectivity index (χ1) is 13.4. The number of nitrogens with one attached hydrogen (secondary N) is 2. The number of rotatable bonds is 6. The number of alkyl halides is 3. The van der Waals surface area contributed by atoms with Gasteiger partial charge in [0.2, 0.25) is 0 Å². The van der Waals surface area contributed by atoms with E-state index in [2.05, 4.69) is 15.6 Å². The number of nitrogens with zero attached hydrogens (tertiary/aromatic N) is 1. The van der Waals surface area contributed by atoms with Crippen LogP contribution in [-0.4, -0.2) is 11.0 Å². The maximum Gasteiger partial charge on any atom is 0.416 e. The van der Waals surface area contributed by atoms with Crippen molar-refractivity contribution in [3.63, 3.8) is 0 Å². The molecule has 0 atom stereocenters. The molecule has 3 rings (SSSR count). The maximum atomic E-state index is 12.7. The average Bonchev–Trinajstić information content (AvgIpc) is 3.18. The first-order valence-corrected chi connectivity index (χ1v) is 9.15. The van der Waals surface area contributed by atoms with Crippen molar-refractivity contribution in [2.45, 2.75) is 19.3 Å². The molecule has 2 aromatic carbocycles. The van der Waals surface area contributed by atoms with Gasteiger partial charge in [0.15, 0.2) is 0 Å². The van der Waals surface area contributed by atoms with Crippen molar-refractivity contribution in [1.82, 2.24) is 10.3 Å². The van der Waals surface area contributed by atoms with Crippen LogP contribution in [0.25, 0.3) is 0 Å². The van der Waals surface area contributed by atoms with Gasteiger partial charge in [0.1, 0.15) is 12.4 Å². The van der Waals surface area contributed by atoms with E-state index in [9.17, 15) is 18.0 Å². The Hall–Kier alpha value is -3.07. The number of carbonyl (C=O) groups excluding carboxylic acids is 1. The Bertz CT molecular complexity index is 930. The summed E-state index contributed by atoms with van der Waals surface area (Å²) in [5.41, 5.74) is 2.62. The average molecular weight is 407 g/mol. The number of anilines is 1. The van der Waals surface area contributed by atoms with E-state index in [0.29, 0.717) is 23.6 Å². The Morgan fingerprint density at radius 2 is 1.96 bits per heavy atom. The van der Waals surface area contributed by atoms with E-state index in [1.807, 2.05) is 5.38 Å². The molecule has 0 saturated heterocycles. The molecule has 0 radical (unpaired) electrons. The lowest BCUT2D eigenvalue weighted by Crippen LogP contribution is -2.28. The van der Waals surface area contributed by atoms with Crippen LogP contribution in [0.15, 0.2) is 59.4 Å². The van der Waals surface area contributed by atoms with E-state index in [4.69, 9.17) is 4.74 Å². The summed E-state index contributed by atoms with van der Waals surface area (Å²) in [5.74, 6) is 0.559. The second-order valence-electron chi connectivity index (χ2n) is 5.80. The van der Waals surface area contributed by atoms with Gasteiger partial charge in [-0.3, -0.25) is 0 Å². The van der Waals surface area contributed by atoms with Gasteiger partial charge in [0.05, 0.1) is 16.8 Å². The van der Waals surface area contributed by atoms with Gasteiger partial charge < -0.3 is 15.4 Å². The van der Waals surface area contributed by atoms with E-state index in [1.165, 1.54) is 23.5 Å². The zero-order valence-corrected chi connectivity index (χ0v) is 15.3. The number of ether oxygens (including phenoxy) is 1.